The Morgan fingerprint density at radius 1 is 0.976 bits per heavy atom. The molecule has 0 aliphatic heterocycles. The zero-order valence-electron chi connectivity index (χ0n) is 22.0. The van der Waals surface area contributed by atoms with Crippen LogP contribution in [-0.2, 0) is 6.54 Å². The fourth-order valence-electron chi connectivity index (χ4n) is 4.65. The predicted octanol–water partition coefficient (Wildman–Crippen LogP) is 5.94. The number of nitrogens with zero attached hydrogens (tertiary/aromatic N) is 4. The van der Waals surface area contributed by atoms with Crippen molar-refractivity contribution in [3.05, 3.63) is 118 Å². The van der Waals surface area contributed by atoms with Crippen molar-refractivity contribution in [2.45, 2.75) is 6.54 Å². The number of hydrogen-bond acceptors (Lipinski definition) is 7. The molecule has 6 aromatic rings. The molecule has 0 fully saturated rings. The predicted molar refractivity (Wildman–Crippen MR) is 164 cm³/mol. The van der Waals surface area contributed by atoms with Crippen molar-refractivity contribution in [1.82, 2.24) is 24.8 Å². The molecular weight excluding hydrogens is 596 g/mol. The number of nitrogens with one attached hydrogen (secondary N) is 1. The molecule has 0 bridgehead atoms. The van der Waals surface area contributed by atoms with Gasteiger partial charge in [-0.15, -0.1) is 0 Å². The Morgan fingerprint density at radius 3 is 2.50 bits per heavy atom. The topological polar surface area (TPSA) is 136 Å². The minimum absolute atomic E-state index is 0.0283. The number of aldehydes is 1. The molecule has 3 aromatic carbocycles. The van der Waals surface area contributed by atoms with E-state index in [9.17, 15) is 14.7 Å². The minimum Gasteiger partial charge on any atom is -0.506 e. The lowest BCUT2D eigenvalue weighted by Gasteiger charge is -2.12. The van der Waals surface area contributed by atoms with E-state index in [1.54, 1.807) is 6.20 Å². The first-order chi connectivity index (χ1) is 20.4. The second-order valence-corrected chi connectivity index (χ2v) is 10.3. The monoisotopic (exact) mass is 618 g/mol. The summed E-state index contributed by atoms with van der Waals surface area (Å²) in [6.45, 7) is 0.248. The summed E-state index contributed by atoms with van der Waals surface area (Å²) in [6.07, 6.45) is 2.14. The van der Waals surface area contributed by atoms with Crippen LogP contribution in [0.25, 0.3) is 39.5 Å². The highest BCUT2D eigenvalue weighted by molar-refractivity contribution is 9.10. The van der Waals surface area contributed by atoms with Crippen molar-refractivity contribution in [3.63, 3.8) is 0 Å². The third kappa shape index (κ3) is 5.11. The minimum atomic E-state index is -0.379. The van der Waals surface area contributed by atoms with Crippen LogP contribution in [0.3, 0.4) is 0 Å². The molecule has 0 radical (unpaired) electrons. The van der Waals surface area contributed by atoms with E-state index >= 15 is 0 Å². The normalized spacial score (nSPS) is 11.0. The van der Waals surface area contributed by atoms with E-state index < -0.39 is 0 Å². The van der Waals surface area contributed by atoms with E-state index in [2.05, 4.69) is 26.2 Å². The van der Waals surface area contributed by atoms with Gasteiger partial charge in [-0.05, 0) is 70.0 Å². The van der Waals surface area contributed by atoms with Crippen molar-refractivity contribution in [1.29, 1.82) is 0 Å². The Bertz CT molecular complexity index is 1960. The fourth-order valence-corrected chi connectivity index (χ4v) is 5.12. The highest BCUT2D eigenvalue weighted by atomic mass is 79.9. The quantitative estimate of drug-likeness (QED) is 0.188. The van der Waals surface area contributed by atoms with Gasteiger partial charge in [-0.2, -0.15) is 0 Å². The van der Waals surface area contributed by atoms with Crippen LogP contribution in [-0.4, -0.2) is 36.8 Å². The molecule has 42 heavy (non-hydrogen) atoms. The summed E-state index contributed by atoms with van der Waals surface area (Å²) in [5.41, 5.74) is 12.1. The number of rotatable bonds is 7. The van der Waals surface area contributed by atoms with Gasteiger partial charge in [0.05, 0.1) is 21.3 Å². The Morgan fingerprint density at radius 2 is 1.76 bits per heavy atom. The number of phenols is 1. The maximum atomic E-state index is 12.8. The average Bonchev–Trinajstić information content (AvgIpc) is 3.40. The summed E-state index contributed by atoms with van der Waals surface area (Å²) in [5.74, 6) is 0.381. The number of benzene rings is 3. The van der Waals surface area contributed by atoms with Gasteiger partial charge in [0.1, 0.15) is 17.1 Å². The molecular formula is C32H23BrN6O3. The summed E-state index contributed by atoms with van der Waals surface area (Å²) >= 11 is 3.18. The molecule has 10 heteroatoms. The molecule has 6 rings (SSSR count). The lowest BCUT2D eigenvalue weighted by atomic mass is 10.1. The number of hydrogen-bond donors (Lipinski definition) is 3. The summed E-state index contributed by atoms with van der Waals surface area (Å²) in [4.78, 5) is 38.1. The van der Waals surface area contributed by atoms with Crippen molar-refractivity contribution in [2.75, 3.05) is 5.73 Å². The first-order valence-electron chi connectivity index (χ1n) is 12.9. The van der Waals surface area contributed by atoms with Crippen LogP contribution < -0.4 is 11.1 Å². The number of anilines is 1. The molecule has 1 amide bonds. The number of nitrogens with two attached hydrogens (primary N) is 1. The first kappa shape index (κ1) is 26.9. The second kappa shape index (κ2) is 11.3. The summed E-state index contributed by atoms with van der Waals surface area (Å²) < 4.78 is 2.22. The molecule has 206 valence electrons. The lowest BCUT2D eigenvalue weighted by Crippen LogP contribution is -2.23. The van der Waals surface area contributed by atoms with Crippen LogP contribution in [0, 0.1) is 0 Å². The number of pyridine rings is 2. The largest absolute Gasteiger partial charge is 0.506 e. The molecule has 0 saturated carbocycles. The van der Waals surface area contributed by atoms with Crippen LogP contribution in [0.1, 0.15) is 26.3 Å². The lowest BCUT2D eigenvalue weighted by molar-refractivity contribution is 0.0951. The number of carbonyl (C=O) groups excluding carboxylic acids is 2. The molecule has 0 unspecified atom stereocenters. The highest BCUT2D eigenvalue weighted by Crippen LogP contribution is 2.32. The van der Waals surface area contributed by atoms with Crippen molar-refractivity contribution < 1.29 is 14.7 Å². The number of nitrogen functional groups attached to an aromatic ring is 1. The van der Waals surface area contributed by atoms with E-state index in [0.29, 0.717) is 34.7 Å². The second-order valence-electron chi connectivity index (χ2n) is 9.48. The van der Waals surface area contributed by atoms with Crippen LogP contribution in [0.4, 0.5) is 5.82 Å². The van der Waals surface area contributed by atoms with Gasteiger partial charge < -0.3 is 16.2 Å². The smallest absolute Gasteiger partial charge is 0.251 e. The third-order valence-electron chi connectivity index (χ3n) is 6.78. The van der Waals surface area contributed by atoms with Gasteiger partial charge in [0.2, 0.25) is 0 Å². The van der Waals surface area contributed by atoms with Crippen molar-refractivity contribution in [2.24, 2.45) is 0 Å². The molecule has 0 spiro atoms. The van der Waals surface area contributed by atoms with Gasteiger partial charge in [0.15, 0.2) is 17.8 Å². The molecule has 3 aromatic heterocycles. The number of aromatic nitrogens is 4. The summed E-state index contributed by atoms with van der Waals surface area (Å²) in [7, 11) is 0. The highest BCUT2D eigenvalue weighted by Gasteiger charge is 2.19. The number of carbonyl (C=O) groups is 2. The van der Waals surface area contributed by atoms with Gasteiger partial charge in [-0.3, -0.25) is 14.2 Å². The van der Waals surface area contributed by atoms with Gasteiger partial charge in [-0.1, -0.05) is 42.5 Å². The van der Waals surface area contributed by atoms with E-state index in [4.69, 9.17) is 15.7 Å². The average molecular weight is 619 g/mol. The number of halogens is 1. The summed E-state index contributed by atoms with van der Waals surface area (Å²) in [5, 5.41) is 12.8. The Kier molecular flexibility index (Phi) is 7.20. The molecule has 0 aliphatic rings. The SMILES string of the molecule is Nc1ncccc1-c1nc2ccc(-c3ccccc3)nc2n1-c1ccc(CNC(=O)c2cc(Br)c(O)c(C=O)c2)cc1. The fraction of sp³-hybridized carbons (Fsp3) is 0.0312. The Labute approximate surface area is 248 Å². The first-order valence-corrected chi connectivity index (χ1v) is 13.7. The number of phenolic OH excluding ortho intramolecular Hbond substituents is 1. The maximum Gasteiger partial charge on any atom is 0.251 e. The number of imidazole rings is 1. The number of fused-ring (bicyclic) bond motifs is 1. The van der Waals surface area contributed by atoms with E-state index in [1.807, 2.05) is 83.4 Å². The molecule has 0 saturated heterocycles. The van der Waals surface area contributed by atoms with Gasteiger partial charge in [0, 0.05) is 29.6 Å². The van der Waals surface area contributed by atoms with Gasteiger partial charge in [-0.25, -0.2) is 15.0 Å². The zero-order chi connectivity index (χ0) is 29.2. The molecule has 0 aliphatic carbocycles. The van der Waals surface area contributed by atoms with Crippen LogP contribution in [0.15, 0.2) is 102 Å². The molecule has 4 N–H and O–H groups in total. The van der Waals surface area contributed by atoms with E-state index in [0.717, 1.165) is 22.5 Å². The van der Waals surface area contributed by atoms with Crippen LogP contribution in [0.5, 0.6) is 5.75 Å². The van der Waals surface area contributed by atoms with Crippen molar-refractivity contribution in [3.8, 4) is 34.1 Å². The Hall–Kier alpha value is -5.35. The molecule has 9 nitrogen and oxygen atoms in total. The standard InChI is InChI=1S/C32H23BrN6O3/c33-25-16-21(15-22(18-40)28(25)41)32(42)36-17-19-8-10-23(11-9-19)39-30(24-7-4-14-35-29(24)34)38-27-13-12-26(37-31(27)39)20-5-2-1-3-6-20/h1-16,18,41H,17H2,(H2,34,35)(H,36,42). The van der Waals surface area contributed by atoms with E-state index in [1.165, 1.54) is 12.1 Å². The Balaban J connectivity index is 1.34. The third-order valence-corrected chi connectivity index (χ3v) is 7.39. The summed E-state index contributed by atoms with van der Waals surface area (Å²) in [6, 6.07) is 28.0. The van der Waals surface area contributed by atoms with E-state index in [-0.39, 0.29) is 33.8 Å². The van der Waals surface area contributed by atoms with Gasteiger partial charge >= 0.3 is 0 Å². The van der Waals surface area contributed by atoms with Crippen LogP contribution in [0.2, 0.25) is 0 Å². The molecule has 0 atom stereocenters. The number of aromatic hydroxyl groups is 1. The van der Waals surface area contributed by atoms with Crippen molar-refractivity contribution >= 4 is 45.1 Å². The molecule has 3 heterocycles. The van der Waals surface area contributed by atoms with Crippen LogP contribution >= 0.6 is 15.9 Å². The zero-order valence-corrected chi connectivity index (χ0v) is 23.6. The number of amides is 1. The van der Waals surface area contributed by atoms with Gasteiger partial charge in [0.25, 0.3) is 5.91 Å². The maximum absolute atomic E-state index is 12.8.